The Labute approximate surface area is 114 Å². The fourth-order valence-corrected chi connectivity index (χ4v) is 2.54. The van der Waals surface area contributed by atoms with Gasteiger partial charge in [0, 0.05) is 18.2 Å². The van der Waals surface area contributed by atoms with Crippen molar-refractivity contribution in [1.82, 2.24) is 9.97 Å². The standard InChI is InChI=1S/C13H23N5O/c1-4-10-11(15-8-16-12(10)18-14)17-9-5-6-19-13(2,3)7-9/h8-9H,4-7,14H2,1-3H3,(H2,15,16,17,18). The largest absolute Gasteiger partial charge is 0.375 e. The second kappa shape index (κ2) is 5.71. The van der Waals surface area contributed by atoms with Gasteiger partial charge in [-0.15, -0.1) is 0 Å². The highest BCUT2D eigenvalue weighted by Gasteiger charge is 2.29. The Hall–Kier alpha value is -1.40. The molecule has 1 atom stereocenters. The number of ether oxygens (including phenoxy) is 1. The molecule has 1 saturated heterocycles. The summed E-state index contributed by atoms with van der Waals surface area (Å²) in [6, 6.07) is 0.370. The third kappa shape index (κ3) is 3.33. The van der Waals surface area contributed by atoms with Crippen molar-refractivity contribution in [2.45, 2.75) is 51.7 Å². The van der Waals surface area contributed by atoms with Crippen LogP contribution in [-0.2, 0) is 11.2 Å². The van der Waals surface area contributed by atoms with E-state index in [9.17, 15) is 0 Å². The van der Waals surface area contributed by atoms with Crippen LogP contribution in [0.5, 0.6) is 0 Å². The highest BCUT2D eigenvalue weighted by atomic mass is 16.5. The molecule has 106 valence electrons. The molecule has 1 aliphatic heterocycles. The van der Waals surface area contributed by atoms with Crippen LogP contribution in [0.4, 0.5) is 11.6 Å². The van der Waals surface area contributed by atoms with E-state index in [1.54, 1.807) is 0 Å². The molecule has 0 amide bonds. The van der Waals surface area contributed by atoms with E-state index in [0.717, 1.165) is 37.3 Å². The minimum atomic E-state index is -0.0791. The average Bonchev–Trinajstić information content (AvgIpc) is 2.37. The first-order chi connectivity index (χ1) is 9.05. The van der Waals surface area contributed by atoms with Crippen LogP contribution in [0.15, 0.2) is 6.33 Å². The molecule has 1 aromatic heterocycles. The first-order valence-corrected chi connectivity index (χ1v) is 6.76. The van der Waals surface area contributed by atoms with Crippen molar-refractivity contribution < 1.29 is 4.74 Å². The summed E-state index contributed by atoms with van der Waals surface area (Å²) in [6.45, 7) is 7.08. The Kier molecular flexibility index (Phi) is 4.21. The Bertz CT molecular complexity index is 435. The lowest BCUT2D eigenvalue weighted by molar-refractivity contribution is -0.0553. The topological polar surface area (TPSA) is 85.1 Å². The molecule has 0 spiro atoms. The van der Waals surface area contributed by atoms with Crippen LogP contribution < -0.4 is 16.6 Å². The second-order valence-corrected chi connectivity index (χ2v) is 5.49. The van der Waals surface area contributed by atoms with Gasteiger partial charge in [-0.3, -0.25) is 0 Å². The molecule has 1 unspecified atom stereocenters. The number of hydrogen-bond acceptors (Lipinski definition) is 6. The highest BCUT2D eigenvalue weighted by molar-refractivity contribution is 5.57. The first kappa shape index (κ1) is 14.0. The van der Waals surface area contributed by atoms with Gasteiger partial charge in [-0.1, -0.05) is 6.92 Å². The summed E-state index contributed by atoms with van der Waals surface area (Å²) >= 11 is 0. The second-order valence-electron chi connectivity index (χ2n) is 5.49. The minimum absolute atomic E-state index is 0.0791. The lowest BCUT2D eigenvalue weighted by Gasteiger charge is -2.36. The molecule has 2 rings (SSSR count). The zero-order chi connectivity index (χ0) is 13.9. The monoisotopic (exact) mass is 265 g/mol. The Morgan fingerprint density at radius 2 is 2.16 bits per heavy atom. The molecular formula is C13H23N5O. The molecule has 1 aliphatic rings. The number of anilines is 2. The summed E-state index contributed by atoms with van der Waals surface area (Å²) in [5.74, 6) is 7.04. The van der Waals surface area contributed by atoms with E-state index in [1.807, 2.05) is 0 Å². The van der Waals surface area contributed by atoms with Gasteiger partial charge in [0.25, 0.3) is 0 Å². The molecule has 4 N–H and O–H groups in total. The molecule has 0 bridgehead atoms. The van der Waals surface area contributed by atoms with Crippen LogP contribution in [-0.4, -0.2) is 28.2 Å². The molecule has 19 heavy (non-hydrogen) atoms. The maximum absolute atomic E-state index is 5.73. The van der Waals surface area contributed by atoms with Crippen LogP contribution in [0, 0.1) is 0 Å². The van der Waals surface area contributed by atoms with Crippen molar-refractivity contribution in [3.05, 3.63) is 11.9 Å². The Morgan fingerprint density at radius 1 is 1.42 bits per heavy atom. The van der Waals surface area contributed by atoms with Gasteiger partial charge in [0.05, 0.1) is 5.60 Å². The number of rotatable bonds is 4. The third-order valence-electron chi connectivity index (χ3n) is 3.47. The van der Waals surface area contributed by atoms with E-state index < -0.39 is 0 Å². The van der Waals surface area contributed by atoms with Gasteiger partial charge >= 0.3 is 0 Å². The first-order valence-electron chi connectivity index (χ1n) is 6.76. The van der Waals surface area contributed by atoms with Crippen molar-refractivity contribution in [1.29, 1.82) is 0 Å². The predicted octanol–water partition coefficient (Wildman–Crippen LogP) is 1.69. The van der Waals surface area contributed by atoms with Crippen molar-refractivity contribution in [3.8, 4) is 0 Å². The maximum Gasteiger partial charge on any atom is 0.148 e. The number of aromatic nitrogens is 2. The average molecular weight is 265 g/mol. The van der Waals surface area contributed by atoms with E-state index >= 15 is 0 Å². The lowest BCUT2D eigenvalue weighted by atomic mass is 9.94. The van der Waals surface area contributed by atoms with Crippen molar-refractivity contribution in [2.75, 3.05) is 17.3 Å². The smallest absolute Gasteiger partial charge is 0.148 e. The Morgan fingerprint density at radius 3 is 2.79 bits per heavy atom. The molecule has 0 aromatic carbocycles. The molecule has 6 heteroatoms. The van der Waals surface area contributed by atoms with Crippen LogP contribution in [0.25, 0.3) is 0 Å². The molecule has 1 fully saturated rings. The maximum atomic E-state index is 5.73. The summed E-state index contributed by atoms with van der Waals surface area (Å²) in [7, 11) is 0. The lowest BCUT2D eigenvalue weighted by Crippen LogP contribution is -2.40. The normalized spacial score (nSPS) is 22.0. The number of nitrogens with two attached hydrogens (primary N) is 1. The Balaban J connectivity index is 2.14. The summed E-state index contributed by atoms with van der Waals surface area (Å²) in [6.07, 6.45) is 4.31. The van der Waals surface area contributed by atoms with Crippen LogP contribution in [0.1, 0.15) is 39.2 Å². The van der Waals surface area contributed by atoms with Crippen LogP contribution >= 0.6 is 0 Å². The molecule has 0 saturated carbocycles. The number of hydrazine groups is 1. The molecular weight excluding hydrogens is 242 g/mol. The van der Waals surface area contributed by atoms with E-state index in [2.05, 4.69) is 41.5 Å². The number of hydrogen-bond donors (Lipinski definition) is 3. The van der Waals surface area contributed by atoms with Gasteiger partial charge in [0.15, 0.2) is 0 Å². The molecule has 0 aliphatic carbocycles. The van der Waals surface area contributed by atoms with Crippen LogP contribution in [0.3, 0.4) is 0 Å². The van der Waals surface area contributed by atoms with Gasteiger partial charge in [-0.2, -0.15) is 0 Å². The molecule has 1 aromatic rings. The van der Waals surface area contributed by atoms with Gasteiger partial charge in [0.1, 0.15) is 18.0 Å². The highest BCUT2D eigenvalue weighted by Crippen LogP contribution is 2.28. The fraction of sp³-hybridized carbons (Fsp3) is 0.692. The van der Waals surface area contributed by atoms with Gasteiger partial charge < -0.3 is 15.5 Å². The van der Waals surface area contributed by atoms with Gasteiger partial charge in [-0.25, -0.2) is 15.8 Å². The van der Waals surface area contributed by atoms with E-state index in [0.29, 0.717) is 11.9 Å². The van der Waals surface area contributed by atoms with Gasteiger partial charge in [-0.05, 0) is 33.1 Å². The molecule has 0 radical (unpaired) electrons. The fourth-order valence-electron chi connectivity index (χ4n) is 2.54. The van der Waals surface area contributed by atoms with E-state index in [4.69, 9.17) is 10.6 Å². The summed E-state index contributed by atoms with van der Waals surface area (Å²) in [4.78, 5) is 8.48. The summed E-state index contributed by atoms with van der Waals surface area (Å²) in [5, 5.41) is 3.50. The molecule has 2 heterocycles. The number of nitrogen functional groups attached to an aromatic ring is 1. The van der Waals surface area contributed by atoms with Crippen molar-refractivity contribution >= 4 is 11.6 Å². The summed E-state index contributed by atoms with van der Waals surface area (Å²) < 4.78 is 5.73. The summed E-state index contributed by atoms with van der Waals surface area (Å²) in [5.41, 5.74) is 3.57. The molecule has 6 nitrogen and oxygen atoms in total. The SMILES string of the molecule is CCc1c(NN)ncnc1NC1CCOC(C)(C)C1. The quantitative estimate of drug-likeness (QED) is 0.567. The van der Waals surface area contributed by atoms with E-state index in [1.165, 1.54) is 6.33 Å². The third-order valence-corrected chi connectivity index (χ3v) is 3.47. The van der Waals surface area contributed by atoms with E-state index in [-0.39, 0.29) is 5.60 Å². The van der Waals surface area contributed by atoms with Crippen molar-refractivity contribution in [2.24, 2.45) is 5.84 Å². The zero-order valence-electron chi connectivity index (χ0n) is 11.9. The van der Waals surface area contributed by atoms with Crippen molar-refractivity contribution in [3.63, 3.8) is 0 Å². The number of nitrogens with one attached hydrogen (secondary N) is 2. The zero-order valence-corrected chi connectivity index (χ0v) is 11.9. The minimum Gasteiger partial charge on any atom is -0.375 e. The predicted molar refractivity (Wildman–Crippen MR) is 75.9 cm³/mol. The van der Waals surface area contributed by atoms with Crippen LogP contribution in [0.2, 0.25) is 0 Å². The number of nitrogens with zero attached hydrogens (tertiary/aromatic N) is 2. The van der Waals surface area contributed by atoms with Gasteiger partial charge in [0.2, 0.25) is 0 Å².